The van der Waals surface area contributed by atoms with E-state index in [1.165, 1.54) is 62.4 Å². The quantitative estimate of drug-likeness (QED) is 0.153. The Bertz CT molecular complexity index is 1600. The highest BCUT2D eigenvalue weighted by Crippen LogP contribution is 2.36. The summed E-state index contributed by atoms with van der Waals surface area (Å²) in [6.45, 7) is 2.75. The summed E-state index contributed by atoms with van der Waals surface area (Å²) in [5.41, 5.74) is -1.96. The zero-order chi connectivity index (χ0) is 35.8. The third-order valence-corrected chi connectivity index (χ3v) is 6.21. The number of carboxylic acids is 2. The van der Waals surface area contributed by atoms with Gasteiger partial charge < -0.3 is 29.2 Å². The number of aliphatic carboxylic acids is 2. The number of hydrogen-bond donors (Lipinski definition) is 2. The average molecular weight is 723 g/mol. The summed E-state index contributed by atoms with van der Waals surface area (Å²) in [6.07, 6.45) is -9.91. The molecule has 0 radical (unpaired) electrons. The second kappa shape index (κ2) is 15.8. The van der Waals surface area contributed by atoms with E-state index in [4.69, 9.17) is 52.4 Å². The summed E-state index contributed by atoms with van der Waals surface area (Å²) < 4.78 is 96.1. The molecule has 0 saturated carbocycles. The molecule has 0 bridgehead atoms. The molecule has 2 atom stereocenters. The maximum atomic E-state index is 12.5. The van der Waals surface area contributed by atoms with Crippen molar-refractivity contribution in [3.05, 3.63) is 94.2 Å². The molecular formula is C30H22Cl2F6N2O8. The Labute approximate surface area is 277 Å². The number of benzene rings is 2. The van der Waals surface area contributed by atoms with Crippen molar-refractivity contribution in [1.29, 1.82) is 0 Å². The lowest BCUT2D eigenvalue weighted by Gasteiger charge is -2.12. The van der Waals surface area contributed by atoms with Crippen molar-refractivity contribution in [3.63, 3.8) is 0 Å². The molecule has 0 spiro atoms. The van der Waals surface area contributed by atoms with E-state index in [-0.39, 0.29) is 33.3 Å². The number of carboxylic acid groups (broad SMARTS) is 2. The molecule has 256 valence electrons. The standard InChI is InChI=1S/2C15H11ClF3NO4/c2*1-8(14(21)22)23-10-2-4-11(5-3-10)24-13-12(16)6-9(7-20-13)15(17,18)19/h2*2-8H,1H3,(H,21,22)/t8-;/m1./s1. The topological polar surface area (TPSA) is 137 Å². The maximum Gasteiger partial charge on any atom is 0.417 e. The van der Waals surface area contributed by atoms with E-state index in [0.29, 0.717) is 23.9 Å². The number of hydrogen-bond acceptors (Lipinski definition) is 8. The van der Waals surface area contributed by atoms with Crippen LogP contribution in [0.15, 0.2) is 73.1 Å². The molecule has 48 heavy (non-hydrogen) atoms. The minimum atomic E-state index is -4.55. The minimum absolute atomic E-state index is 0.183. The maximum absolute atomic E-state index is 12.5. The third-order valence-electron chi connectivity index (χ3n) is 5.67. The van der Waals surface area contributed by atoms with Gasteiger partial charge in [-0.3, -0.25) is 0 Å². The summed E-state index contributed by atoms with van der Waals surface area (Å²) in [5.74, 6) is -1.51. The monoisotopic (exact) mass is 722 g/mol. The van der Waals surface area contributed by atoms with Gasteiger partial charge in [-0.25, -0.2) is 19.6 Å². The van der Waals surface area contributed by atoms with Crippen molar-refractivity contribution in [1.82, 2.24) is 9.97 Å². The van der Waals surface area contributed by atoms with Crippen molar-refractivity contribution >= 4 is 35.1 Å². The molecule has 0 amide bonds. The van der Waals surface area contributed by atoms with E-state index < -0.39 is 47.6 Å². The number of rotatable bonds is 10. The summed E-state index contributed by atoms with van der Waals surface area (Å²) in [6, 6.07) is 13.0. The van der Waals surface area contributed by atoms with Crippen molar-refractivity contribution in [3.8, 4) is 34.8 Å². The summed E-state index contributed by atoms with van der Waals surface area (Å²) in [7, 11) is 0. The van der Waals surface area contributed by atoms with Crippen LogP contribution < -0.4 is 18.9 Å². The van der Waals surface area contributed by atoms with Crippen LogP contribution in [0.2, 0.25) is 10.0 Å². The lowest BCUT2D eigenvalue weighted by atomic mass is 10.3. The predicted octanol–water partition coefficient (Wildman–Crippen LogP) is 8.80. The number of pyridine rings is 2. The lowest BCUT2D eigenvalue weighted by Crippen LogP contribution is -2.22. The zero-order valence-corrected chi connectivity index (χ0v) is 25.9. The fourth-order valence-electron chi connectivity index (χ4n) is 3.22. The molecule has 0 aliphatic heterocycles. The van der Waals surface area contributed by atoms with Crippen molar-refractivity contribution in [2.45, 2.75) is 38.4 Å². The number of nitrogens with zero attached hydrogens (tertiary/aromatic N) is 2. The molecule has 2 N–H and O–H groups in total. The highest BCUT2D eigenvalue weighted by Gasteiger charge is 2.32. The van der Waals surface area contributed by atoms with Crippen LogP contribution in [0.25, 0.3) is 0 Å². The molecule has 0 aliphatic rings. The molecule has 2 aromatic heterocycles. The van der Waals surface area contributed by atoms with Gasteiger partial charge in [-0.15, -0.1) is 0 Å². The first kappa shape index (κ1) is 37.5. The van der Waals surface area contributed by atoms with Crippen molar-refractivity contribution in [2.24, 2.45) is 0 Å². The molecule has 10 nitrogen and oxygen atoms in total. The second-order valence-electron chi connectivity index (χ2n) is 9.36. The number of aromatic nitrogens is 2. The normalized spacial score (nSPS) is 12.5. The van der Waals surface area contributed by atoms with E-state index in [1.54, 1.807) is 0 Å². The Morgan fingerprint density at radius 3 is 1.17 bits per heavy atom. The van der Waals surface area contributed by atoms with Gasteiger partial charge in [-0.05, 0) is 74.5 Å². The smallest absolute Gasteiger partial charge is 0.417 e. The van der Waals surface area contributed by atoms with Crippen LogP contribution >= 0.6 is 23.2 Å². The Hall–Kier alpha value is -4.96. The molecule has 18 heteroatoms. The SMILES string of the molecule is CC(Oc1ccc(Oc2ncc(C(F)(F)F)cc2Cl)cc1)C(=O)O.C[C@@H](Oc1ccc(Oc2ncc(C(F)(F)F)cc2Cl)cc1)C(=O)O. The van der Waals surface area contributed by atoms with Gasteiger partial charge in [0.05, 0.1) is 11.1 Å². The molecule has 4 rings (SSSR count). The first-order chi connectivity index (χ1) is 22.3. The van der Waals surface area contributed by atoms with Crippen LogP contribution in [0.4, 0.5) is 26.3 Å². The van der Waals surface area contributed by atoms with Crippen molar-refractivity contribution in [2.75, 3.05) is 0 Å². The van der Waals surface area contributed by atoms with Crippen LogP contribution in [-0.4, -0.2) is 44.3 Å². The van der Waals surface area contributed by atoms with Crippen LogP contribution in [0, 0.1) is 0 Å². The number of carbonyl (C=O) groups is 2. The molecular weight excluding hydrogens is 701 g/mol. The van der Waals surface area contributed by atoms with E-state index >= 15 is 0 Å². The van der Waals surface area contributed by atoms with Crippen molar-refractivity contribution < 1.29 is 65.1 Å². The van der Waals surface area contributed by atoms with Gasteiger partial charge in [0.2, 0.25) is 11.8 Å². The van der Waals surface area contributed by atoms with Gasteiger partial charge in [-0.1, -0.05) is 23.2 Å². The molecule has 1 unspecified atom stereocenters. The summed E-state index contributed by atoms with van der Waals surface area (Å²) in [4.78, 5) is 28.5. The van der Waals surface area contributed by atoms with Crippen LogP contribution in [0.1, 0.15) is 25.0 Å². The first-order valence-corrected chi connectivity index (χ1v) is 13.9. The highest BCUT2D eigenvalue weighted by atomic mass is 35.5. The third kappa shape index (κ3) is 11.1. The first-order valence-electron chi connectivity index (χ1n) is 13.1. The second-order valence-corrected chi connectivity index (χ2v) is 10.2. The Balaban J connectivity index is 0.000000260. The Morgan fingerprint density at radius 2 is 0.917 bits per heavy atom. The van der Waals surface area contributed by atoms with E-state index in [9.17, 15) is 35.9 Å². The van der Waals surface area contributed by atoms with Gasteiger partial charge in [0.1, 0.15) is 33.0 Å². The van der Waals surface area contributed by atoms with Gasteiger partial charge in [-0.2, -0.15) is 26.3 Å². The zero-order valence-electron chi connectivity index (χ0n) is 24.3. The highest BCUT2D eigenvalue weighted by molar-refractivity contribution is 6.32. The fraction of sp³-hybridized carbons (Fsp3) is 0.200. The van der Waals surface area contributed by atoms with Gasteiger partial charge in [0, 0.05) is 12.4 Å². The fourth-order valence-corrected chi connectivity index (χ4v) is 3.63. The molecule has 4 aromatic rings. The van der Waals surface area contributed by atoms with E-state index in [2.05, 4.69) is 9.97 Å². The minimum Gasteiger partial charge on any atom is -0.479 e. The Morgan fingerprint density at radius 1 is 0.625 bits per heavy atom. The van der Waals surface area contributed by atoms with Gasteiger partial charge in [0.15, 0.2) is 12.2 Å². The average Bonchev–Trinajstić information content (AvgIpc) is 3.00. The van der Waals surface area contributed by atoms with Crippen LogP contribution in [0.5, 0.6) is 34.8 Å². The largest absolute Gasteiger partial charge is 0.479 e. The molecule has 2 aromatic carbocycles. The lowest BCUT2D eigenvalue weighted by molar-refractivity contribution is -0.145. The van der Waals surface area contributed by atoms with E-state index in [1.807, 2.05) is 0 Å². The number of halogens is 8. The summed E-state index contributed by atoms with van der Waals surface area (Å²) >= 11 is 11.5. The van der Waals surface area contributed by atoms with E-state index in [0.717, 1.165) is 12.1 Å². The van der Waals surface area contributed by atoms with Crippen LogP contribution in [-0.2, 0) is 21.9 Å². The molecule has 0 aliphatic carbocycles. The predicted molar refractivity (Wildman–Crippen MR) is 157 cm³/mol. The molecule has 0 fully saturated rings. The molecule has 2 heterocycles. The molecule has 0 saturated heterocycles. The van der Waals surface area contributed by atoms with Gasteiger partial charge >= 0.3 is 24.3 Å². The van der Waals surface area contributed by atoms with Crippen LogP contribution in [0.3, 0.4) is 0 Å². The number of ether oxygens (including phenoxy) is 4. The summed E-state index contributed by atoms with van der Waals surface area (Å²) in [5, 5.41) is 16.9. The number of alkyl halides is 6. The Kier molecular flexibility index (Phi) is 12.3. The van der Waals surface area contributed by atoms with Gasteiger partial charge in [0.25, 0.3) is 0 Å².